The van der Waals surface area contributed by atoms with Crippen LogP contribution in [0.5, 0.6) is 11.5 Å². The molecule has 0 fully saturated rings. The number of amides is 1. The molecule has 0 saturated carbocycles. The van der Waals surface area contributed by atoms with Crippen molar-refractivity contribution in [2.24, 2.45) is 0 Å². The van der Waals surface area contributed by atoms with Gasteiger partial charge in [-0.2, -0.15) is 4.68 Å². The van der Waals surface area contributed by atoms with Gasteiger partial charge in [-0.1, -0.05) is 60.3 Å². The van der Waals surface area contributed by atoms with Crippen molar-refractivity contribution in [3.8, 4) is 17.2 Å². The van der Waals surface area contributed by atoms with Crippen LogP contribution in [-0.4, -0.2) is 39.8 Å². The maximum atomic E-state index is 13.5. The number of rotatable bonds is 9. The molecule has 0 bridgehead atoms. The number of para-hydroxylation sites is 2. The van der Waals surface area contributed by atoms with Crippen molar-refractivity contribution in [1.82, 2.24) is 20.2 Å². The maximum absolute atomic E-state index is 13.5. The molecule has 1 aromatic heterocycles. The Balaban J connectivity index is 1.68. The Hall–Kier alpha value is -3.85. The number of hydrogen-bond acceptors (Lipinski definition) is 7. The normalized spacial score (nSPS) is 11.6. The van der Waals surface area contributed by atoms with Crippen LogP contribution in [0.25, 0.3) is 5.69 Å². The van der Waals surface area contributed by atoms with E-state index in [1.54, 1.807) is 11.8 Å². The highest BCUT2D eigenvalue weighted by atomic mass is 32.2. The number of nitrogens with one attached hydrogen (secondary N) is 1. The molecule has 4 rings (SSSR count). The summed E-state index contributed by atoms with van der Waals surface area (Å²) >= 11 is 1.26. The van der Waals surface area contributed by atoms with E-state index < -0.39 is 5.25 Å². The molecule has 0 aliphatic carbocycles. The molecule has 9 heteroatoms. The highest BCUT2D eigenvalue weighted by Gasteiger charge is 2.27. The monoisotopic (exact) mass is 475 g/mol. The summed E-state index contributed by atoms with van der Waals surface area (Å²) in [5.41, 5.74) is 3.16. The van der Waals surface area contributed by atoms with E-state index in [9.17, 15) is 4.79 Å². The lowest BCUT2D eigenvalue weighted by Gasteiger charge is -2.18. The van der Waals surface area contributed by atoms with Gasteiger partial charge in [-0.15, -0.1) is 5.10 Å². The number of hydrogen-bond donors (Lipinski definition) is 1. The van der Waals surface area contributed by atoms with Crippen molar-refractivity contribution < 1.29 is 14.3 Å². The fourth-order valence-electron chi connectivity index (χ4n) is 3.42. The first-order valence-electron chi connectivity index (χ1n) is 10.8. The van der Waals surface area contributed by atoms with Crippen LogP contribution in [0.15, 0.2) is 78.0 Å². The predicted molar refractivity (Wildman–Crippen MR) is 132 cm³/mol. The Morgan fingerprint density at radius 2 is 1.82 bits per heavy atom. The molecule has 174 valence electrons. The third-order valence-electron chi connectivity index (χ3n) is 5.01. The van der Waals surface area contributed by atoms with E-state index in [1.165, 1.54) is 11.8 Å². The van der Waals surface area contributed by atoms with Gasteiger partial charge in [0.25, 0.3) is 0 Å². The van der Waals surface area contributed by atoms with Crippen LogP contribution in [-0.2, 0) is 4.79 Å². The largest absolute Gasteiger partial charge is 0.494 e. The van der Waals surface area contributed by atoms with Crippen molar-refractivity contribution in [3.05, 3.63) is 83.9 Å². The number of aromatic nitrogens is 4. The van der Waals surface area contributed by atoms with Gasteiger partial charge in [0, 0.05) is 0 Å². The minimum atomic E-state index is -0.614. The highest BCUT2D eigenvalue weighted by molar-refractivity contribution is 8.00. The van der Waals surface area contributed by atoms with Crippen molar-refractivity contribution >= 4 is 23.4 Å². The summed E-state index contributed by atoms with van der Waals surface area (Å²) in [7, 11) is 1.60. The molecule has 4 aromatic rings. The van der Waals surface area contributed by atoms with Crippen molar-refractivity contribution in [1.29, 1.82) is 0 Å². The van der Waals surface area contributed by atoms with E-state index in [-0.39, 0.29) is 5.91 Å². The summed E-state index contributed by atoms with van der Waals surface area (Å²) < 4.78 is 12.8. The molecule has 3 aromatic carbocycles. The molecule has 0 saturated heterocycles. The predicted octanol–water partition coefficient (Wildman–Crippen LogP) is 4.85. The van der Waals surface area contributed by atoms with Crippen LogP contribution in [0, 0.1) is 6.92 Å². The maximum Gasteiger partial charge on any atom is 0.242 e. The van der Waals surface area contributed by atoms with Gasteiger partial charge in [-0.3, -0.25) is 4.79 Å². The second-order valence-corrected chi connectivity index (χ2v) is 8.45. The Bertz CT molecular complexity index is 1260. The number of methoxy groups -OCH3 is 1. The van der Waals surface area contributed by atoms with Crippen LogP contribution in [0.3, 0.4) is 0 Å². The fourth-order valence-corrected chi connectivity index (χ4v) is 4.41. The summed E-state index contributed by atoms with van der Waals surface area (Å²) in [6, 6.07) is 22.7. The van der Waals surface area contributed by atoms with Crippen molar-refractivity contribution in [3.63, 3.8) is 0 Å². The van der Waals surface area contributed by atoms with E-state index in [4.69, 9.17) is 9.47 Å². The Kier molecular flexibility index (Phi) is 7.44. The van der Waals surface area contributed by atoms with E-state index in [1.807, 2.05) is 86.6 Å². The number of nitrogens with zero attached hydrogens (tertiary/aromatic N) is 4. The number of thioether (sulfide) groups is 1. The molecule has 0 aliphatic heterocycles. The van der Waals surface area contributed by atoms with Crippen LogP contribution >= 0.6 is 11.8 Å². The van der Waals surface area contributed by atoms with Gasteiger partial charge >= 0.3 is 0 Å². The number of benzene rings is 3. The molecular formula is C25H25N5O3S. The van der Waals surface area contributed by atoms with Gasteiger partial charge in [0.2, 0.25) is 11.1 Å². The summed E-state index contributed by atoms with van der Waals surface area (Å²) in [4.78, 5) is 13.5. The van der Waals surface area contributed by atoms with E-state index in [0.717, 1.165) is 11.1 Å². The molecule has 8 nitrogen and oxygen atoms in total. The summed E-state index contributed by atoms with van der Waals surface area (Å²) in [5, 5.41) is 15.1. The summed E-state index contributed by atoms with van der Waals surface area (Å²) in [5.74, 6) is 1.03. The Morgan fingerprint density at radius 1 is 1.06 bits per heavy atom. The second kappa shape index (κ2) is 10.8. The Morgan fingerprint density at radius 3 is 2.59 bits per heavy atom. The van der Waals surface area contributed by atoms with Crippen LogP contribution in [0.1, 0.15) is 23.3 Å². The van der Waals surface area contributed by atoms with Gasteiger partial charge in [-0.25, -0.2) is 0 Å². The van der Waals surface area contributed by atoms with E-state index in [0.29, 0.717) is 34.6 Å². The molecular weight excluding hydrogens is 450 g/mol. The molecule has 1 amide bonds. The van der Waals surface area contributed by atoms with E-state index >= 15 is 0 Å². The lowest BCUT2D eigenvalue weighted by atomic mass is 10.1. The molecule has 1 atom stereocenters. The standard InChI is InChI=1S/C25H25N5O3S/c1-4-33-21-13-9-8-12-19(21)26-24(31)23(18-10-6-5-7-11-18)34-25-27-28-29-30(25)20-16-17(2)14-15-22(20)32-3/h5-16,23H,4H2,1-3H3,(H,26,31). The van der Waals surface area contributed by atoms with Crippen molar-refractivity contribution in [2.45, 2.75) is 24.3 Å². The molecule has 0 radical (unpaired) electrons. The molecule has 1 unspecified atom stereocenters. The number of anilines is 1. The third kappa shape index (κ3) is 5.20. The second-order valence-electron chi connectivity index (χ2n) is 7.38. The fraction of sp³-hybridized carbons (Fsp3) is 0.200. The zero-order valence-corrected chi connectivity index (χ0v) is 20.0. The lowest BCUT2D eigenvalue weighted by molar-refractivity contribution is -0.115. The average Bonchev–Trinajstić information content (AvgIpc) is 3.32. The minimum Gasteiger partial charge on any atom is -0.494 e. The average molecular weight is 476 g/mol. The van der Waals surface area contributed by atoms with Gasteiger partial charge in [0.1, 0.15) is 22.4 Å². The van der Waals surface area contributed by atoms with Gasteiger partial charge in [0.05, 0.1) is 19.4 Å². The Labute approximate surface area is 202 Å². The van der Waals surface area contributed by atoms with Gasteiger partial charge in [-0.05, 0) is 59.7 Å². The third-order valence-corrected chi connectivity index (χ3v) is 6.20. The number of tetrazole rings is 1. The van der Waals surface area contributed by atoms with E-state index in [2.05, 4.69) is 20.8 Å². The highest BCUT2D eigenvalue weighted by Crippen LogP contribution is 2.37. The molecule has 1 heterocycles. The van der Waals surface area contributed by atoms with Crippen LogP contribution in [0.4, 0.5) is 5.69 Å². The summed E-state index contributed by atoms with van der Waals surface area (Å²) in [6.07, 6.45) is 0. The first kappa shape index (κ1) is 23.3. The van der Waals surface area contributed by atoms with Crippen molar-refractivity contribution in [2.75, 3.05) is 19.0 Å². The SMILES string of the molecule is CCOc1ccccc1NC(=O)C(Sc1nnnn1-c1cc(C)ccc1OC)c1ccccc1. The quantitative estimate of drug-likeness (QED) is 0.346. The minimum absolute atomic E-state index is 0.214. The topological polar surface area (TPSA) is 91.2 Å². The molecule has 34 heavy (non-hydrogen) atoms. The molecule has 1 N–H and O–H groups in total. The van der Waals surface area contributed by atoms with Gasteiger partial charge < -0.3 is 14.8 Å². The summed E-state index contributed by atoms with van der Waals surface area (Å²) in [6.45, 7) is 4.38. The molecule has 0 aliphatic rings. The molecule has 0 spiro atoms. The smallest absolute Gasteiger partial charge is 0.242 e. The first-order valence-corrected chi connectivity index (χ1v) is 11.7. The number of carbonyl (C=O) groups excluding carboxylic acids is 1. The zero-order chi connectivity index (χ0) is 23.9. The van der Waals surface area contributed by atoms with Crippen LogP contribution < -0.4 is 14.8 Å². The number of carbonyl (C=O) groups is 1. The number of aryl methyl sites for hydroxylation is 1. The lowest BCUT2D eigenvalue weighted by Crippen LogP contribution is -2.20. The zero-order valence-electron chi connectivity index (χ0n) is 19.1. The van der Waals surface area contributed by atoms with Crippen LogP contribution in [0.2, 0.25) is 0 Å². The first-order chi connectivity index (χ1) is 16.6. The number of ether oxygens (including phenoxy) is 2. The van der Waals surface area contributed by atoms with Gasteiger partial charge in [0.15, 0.2) is 0 Å².